The van der Waals surface area contributed by atoms with E-state index < -0.39 is 40.8 Å². The van der Waals surface area contributed by atoms with Crippen LogP contribution in [0.25, 0.3) is 16.3 Å². The van der Waals surface area contributed by atoms with Gasteiger partial charge in [0.15, 0.2) is 0 Å². The summed E-state index contributed by atoms with van der Waals surface area (Å²) < 4.78 is 48.2. The van der Waals surface area contributed by atoms with E-state index in [9.17, 15) is 28.5 Å². The lowest BCUT2D eigenvalue weighted by molar-refractivity contribution is -0.137. The number of hydrogen-bond donors (Lipinski definition) is 3. The zero-order valence-corrected chi connectivity index (χ0v) is 16.7. The quantitative estimate of drug-likeness (QED) is 0.557. The van der Waals surface area contributed by atoms with Crippen molar-refractivity contribution in [1.29, 1.82) is 0 Å². The van der Waals surface area contributed by atoms with E-state index in [0.717, 1.165) is 22.0 Å². The summed E-state index contributed by atoms with van der Waals surface area (Å²) in [6.07, 6.45) is -3.97. The fourth-order valence-corrected chi connectivity index (χ4v) is 5.40. The molecule has 6 nitrogen and oxygen atoms in total. The first-order valence-electron chi connectivity index (χ1n) is 9.14. The van der Waals surface area contributed by atoms with Crippen molar-refractivity contribution < 1.29 is 33.2 Å². The fourth-order valence-electron chi connectivity index (χ4n) is 4.72. The molecule has 3 atom stereocenters. The van der Waals surface area contributed by atoms with E-state index in [1.165, 1.54) is 18.3 Å². The Bertz CT molecular complexity index is 1170. The van der Waals surface area contributed by atoms with Crippen LogP contribution in [0.15, 0.2) is 29.8 Å². The van der Waals surface area contributed by atoms with Gasteiger partial charge < -0.3 is 20.1 Å². The molecule has 3 N–H and O–H groups in total. The summed E-state index contributed by atoms with van der Waals surface area (Å²) >= 11 is 1.08. The van der Waals surface area contributed by atoms with Crippen LogP contribution in [-0.4, -0.2) is 31.0 Å². The molecule has 158 valence electrons. The third-order valence-corrected chi connectivity index (χ3v) is 6.84. The Morgan fingerprint density at radius 1 is 1.20 bits per heavy atom. The van der Waals surface area contributed by atoms with E-state index >= 15 is 0 Å². The Hall–Kier alpha value is -2.56. The number of aliphatic hydroxyl groups is 1. The summed E-state index contributed by atoms with van der Waals surface area (Å²) in [6, 6.07) is 3.52. The summed E-state index contributed by atoms with van der Waals surface area (Å²) in [5.74, 6) is -0.863. The van der Waals surface area contributed by atoms with Crippen LogP contribution in [0, 0.1) is 0 Å². The van der Waals surface area contributed by atoms with Gasteiger partial charge in [0.2, 0.25) is 11.8 Å². The Morgan fingerprint density at radius 3 is 2.53 bits per heavy atom. The fraction of sp³-hybridized carbons (Fsp3) is 0.350. The smallest absolute Gasteiger partial charge is 0.417 e. The monoisotopic (exact) mass is 438 g/mol. The van der Waals surface area contributed by atoms with Gasteiger partial charge in [-0.05, 0) is 32.0 Å². The number of fused-ring (bicyclic) bond motifs is 5. The molecule has 2 bridgehead atoms. The van der Waals surface area contributed by atoms with Gasteiger partial charge in [-0.1, -0.05) is 0 Å². The molecule has 0 aliphatic carbocycles. The summed E-state index contributed by atoms with van der Waals surface area (Å²) in [6.45, 7) is 3.26. The highest BCUT2D eigenvalue weighted by Crippen LogP contribution is 2.64. The van der Waals surface area contributed by atoms with Gasteiger partial charge >= 0.3 is 6.18 Å². The highest BCUT2D eigenvalue weighted by atomic mass is 32.1. The molecule has 2 aliphatic heterocycles. The van der Waals surface area contributed by atoms with Crippen LogP contribution < -0.4 is 0 Å². The minimum atomic E-state index is -4.67. The van der Waals surface area contributed by atoms with Gasteiger partial charge in [0.25, 0.3) is 0 Å². The van der Waals surface area contributed by atoms with Gasteiger partial charge in [-0.2, -0.15) is 13.2 Å². The number of aromatic hydroxyl groups is 2. The first kappa shape index (κ1) is 19.4. The van der Waals surface area contributed by atoms with Crippen LogP contribution >= 0.6 is 11.3 Å². The molecule has 0 radical (unpaired) electrons. The predicted molar refractivity (Wildman–Crippen MR) is 102 cm³/mol. The lowest BCUT2D eigenvalue weighted by Gasteiger charge is -2.25. The van der Waals surface area contributed by atoms with Crippen molar-refractivity contribution in [3.8, 4) is 28.0 Å². The summed E-state index contributed by atoms with van der Waals surface area (Å²) in [5, 5.41) is 33.9. The van der Waals surface area contributed by atoms with Gasteiger partial charge in [0, 0.05) is 23.6 Å². The predicted octanol–water partition coefficient (Wildman–Crippen LogP) is 4.26. The zero-order valence-electron chi connectivity index (χ0n) is 15.9. The summed E-state index contributed by atoms with van der Waals surface area (Å²) in [5.41, 5.74) is -2.91. The van der Waals surface area contributed by atoms with E-state index in [2.05, 4.69) is 4.98 Å². The average molecular weight is 438 g/mol. The highest BCUT2D eigenvalue weighted by Gasteiger charge is 2.64. The van der Waals surface area contributed by atoms with E-state index in [1.807, 2.05) is 0 Å². The number of halogens is 3. The van der Waals surface area contributed by atoms with Gasteiger partial charge in [-0.15, -0.1) is 11.3 Å². The molecule has 2 aromatic heterocycles. The second-order valence-electron chi connectivity index (χ2n) is 7.96. The molecule has 0 saturated carbocycles. The first-order chi connectivity index (χ1) is 14.0. The number of aromatic nitrogens is 2. The summed E-state index contributed by atoms with van der Waals surface area (Å²) in [7, 11) is 0. The molecule has 0 spiro atoms. The second-order valence-corrected chi connectivity index (χ2v) is 8.85. The van der Waals surface area contributed by atoms with Crippen LogP contribution in [0.2, 0.25) is 0 Å². The van der Waals surface area contributed by atoms with Gasteiger partial charge in [0.1, 0.15) is 10.6 Å². The second kappa shape index (κ2) is 5.77. The maximum absolute atomic E-state index is 13.8. The van der Waals surface area contributed by atoms with Crippen molar-refractivity contribution in [2.75, 3.05) is 0 Å². The van der Waals surface area contributed by atoms with Crippen LogP contribution in [-0.2, 0) is 22.1 Å². The number of thiazole rings is 1. The van der Waals surface area contributed by atoms with Crippen molar-refractivity contribution in [2.24, 2.45) is 0 Å². The number of nitrogens with zero attached hydrogens (tertiary/aromatic N) is 2. The van der Waals surface area contributed by atoms with Crippen molar-refractivity contribution in [3.05, 3.63) is 46.5 Å². The highest BCUT2D eigenvalue weighted by molar-refractivity contribution is 7.13. The van der Waals surface area contributed by atoms with E-state index in [1.54, 1.807) is 19.2 Å². The van der Waals surface area contributed by atoms with Crippen LogP contribution in [0.1, 0.15) is 37.0 Å². The largest absolute Gasteiger partial charge is 0.494 e. The molecule has 0 amide bonds. The molecule has 1 aromatic carbocycles. The normalized spacial score (nSPS) is 27.6. The number of hydrogen-bond acceptors (Lipinski definition) is 6. The third-order valence-electron chi connectivity index (χ3n) is 6.03. The lowest BCUT2D eigenvalue weighted by Crippen LogP contribution is -2.32. The molecule has 2 unspecified atom stereocenters. The molecule has 1 saturated heterocycles. The lowest BCUT2D eigenvalue weighted by atomic mass is 9.78. The molecule has 30 heavy (non-hydrogen) atoms. The minimum Gasteiger partial charge on any atom is -0.494 e. The minimum absolute atomic E-state index is 0.0619. The van der Waals surface area contributed by atoms with Crippen LogP contribution in [0.3, 0.4) is 0 Å². The van der Waals surface area contributed by atoms with Crippen molar-refractivity contribution >= 4 is 11.3 Å². The molecular formula is C20H17F3N2O4S. The Labute approximate surface area is 172 Å². The van der Waals surface area contributed by atoms with E-state index in [-0.39, 0.29) is 33.8 Å². The Kier molecular flexibility index (Phi) is 3.73. The maximum atomic E-state index is 13.8. The number of alkyl halides is 3. The maximum Gasteiger partial charge on any atom is 0.417 e. The molecule has 10 heteroatoms. The molecular weight excluding hydrogens is 421 g/mol. The van der Waals surface area contributed by atoms with E-state index in [0.29, 0.717) is 0 Å². The average Bonchev–Trinajstić information content (AvgIpc) is 3.36. The van der Waals surface area contributed by atoms with Crippen molar-refractivity contribution in [1.82, 2.24) is 9.55 Å². The number of benzene rings is 1. The van der Waals surface area contributed by atoms with E-state index in [4.69, 9.17) is 4.74 Å². The Morgan fingerprint density at radius 2 is 1.90 bits per heavy atom. The molecule has 2 aliphatic rings. The standard InChI is InChI=1S/C20H17F3N2O4S/c1-18-8-12(26)19(2,29-18)14-13(18)16(27)25(17(14)28)9-3-4-10(15-24-5-6-30-15)11(7-9)20(21,22)23/h3-7,12,26-28H,8H2,1-2H3/t12-,18?,19?/m0/s1. The van der Waals surface area contributed by atoms with Crippen molar-refractivity contribution in [3.63, 3.8) is 0 Å². The molecule has 5 rings (SSSR count). The Balaban J connectivity index is 1.74. The van der Waals surface area contributed by atoms with Gasteiger partial charge in [-0.25, -0.2) is 4.98 Å². The zero-order chi connectivity index (χ0) is 21.6. The van der Waals surface area contributed by atoms with Gasteiger partial charge in [0.05, 0.1) is 34.1 Å². The van der Waals surface area contributed by atoms with Gasteiger partial charge in [-0.3, -0.25) is 4.57 Å². The first-order valence-corrected chi connectivity index (χ1v) is 10.0. The SMILES string of the molecule is CC12C[C@H](O)C(C)(O1)c1c2c(O)n(-c2ccc(-c3nccs3)c(C(F)(F)F)c2)c1O. The number of ether oxygens (including phenoxy) is 1. The molecule has 4 heterocycles. The van der Waals surface area contributed by atoms with Crippen LogP contribution in [0.4, 0.5) is 13.2 Å². The summed E-state index contributed by atoms with van der Waals surface area (Å²) in [4.78, 5) is 3.96. The molecule has 1 fully saturated rings. The third kappa shape index (κ3) is 2.35. The molecule has 3 aromatic rings. The number of aliphatic hydroxyl groups excluding tert-OH is 1. The van der Waals surface area contributed by atoms with Crippen LogP contribution in [0.5, 0.6) is 11.8 Å². The van der Waals surface area contributed by atoms with Crippen molar-refractivity contribution in [2.45, 2.75) is 43.8 Å². The topological polar surface area (TPSA) is 87.7 Å². The number of rotatable bonds is 2.